The SMILES string of the molecule is O=C(CCN1CCCC1)NCCc1c[nH]c2ccccc12. The molecule has 0 atom stereocenters. The first-order valence-electron chi connectivity index (χ1n) is 7.87. The van der Waals surface area contributed by atoms with E-state index in [1.54, 1.807) is 0 Å². The van der Waals surface area contributed by atoms with Gasteiger partial charge in [-0.25, -0.2) is 0 Å². The average Bonchev–Trinajstić information content (AvgIpc) is 3.15. The molecule has 1 aromatic carbocycles. The second-order valence-electron chi connectivity index (χ2n) is 5.76. The number of carbonyl (C=O) groups is 1. The number of aromatic amines is 1. The fourth-order valence-electron chi connectivity index (χ4n) is 3.03. The van der Waals surface area contributed by atoms with Crippen LogP contribution in [0.25, 0.3) is 10.9 Å². The lowest BCUT2D eigenvalue weighted by molar-refractivity contribution is -0.121. The molecule has 1 saturated heterocycles. The van der Waals surface area contributed by atoms with Gasteiger partial charge in [-0.1, -0.05) is 18.2 Å². The number of rotatable bonds is 6. The quantitative estimate of drug-likeness (QED) is 0.855. The number of likely N-dealkylation sites (tertiary alicyclic amines) is 1. The maximum Gasteiger partial charge on any atom is 0.221 e. The van der Waals surface area contributed by atoms with Crippen LogP contribution >= 0.6 is 0 Å². The third-order valence-corrected chi connectivity index (χ3v) is 4.25. The van der Waals surface area contributed by atoms with Gasteiger partial charge in [-0.05, 0) is 44.0 Å². The van der Waals surface area contributed by atoms with Crippen molar-refractivity contribution in [1.29, 1.82) is 0 Å². The molecule has 4 nitrogen and oxygen atoms in total. The molecule has 0 spiro atoms. The largest absolute Gasteiger partial charge is 0.361 e. The van der Waals surface area contributed by atoms with Crippen molar-refractivity contribution in [3.05, 3.63) is 36.0 Å². The molecule has 112 valence electrons. The predicted octanol–water partition coefficient (Wildman–Crippen LogP) is 2.31. The highest BCUT2D eigenvalue weighted by Gasteiger charge is 2.12. The van der Waals surface area contributed by atoms with Crippen molar-refractivity contribution in [1.82, 2.24) is 15.2 Å². The Morgan fingerprint density at radius 2 is 2.05 bits per heavy atom. The highest BCUT2D eigenvalue weighted by molar-refractivity contribution is 5.83. The van der Waals surface area contributed by atoms with Crippen LogP contribution in [-0.4, -0.2) is 42.0 Å². The van der Waals surface area contributed by atoms with Crippen LogP contribution in [0.1, 0.15) is 24.8 Å². The Balaban J connectivity index is 1.42. The number of nitrogens with zero attached hydrogens (tertiary/aromatic N) is 1. The Morgan fingerprint density at radius 3 is 2.90 bits per heavy atom. The molecule has 0 bridgehead atoms. The van der Waals surface area contributed by atoms with Crippen LogP contribution in [0.2, 0.25) is 0 Å². The first-order chi connectivity index (χ1) is 10.3. The monoisotopic (exact) mass is 285 g/mol. The maximum atomic E-state index is 11.8. The van der Waals surface area contributed by atoms with E-state index in [2.05, 4.69) is 27.3 Å². The molecule has 0 radical (unpaired) electrons. The smallest absolute Gasteiger partial charge is 0.221 e. The Labute approximate surface area is 125 Å². The number of amides is 1. The highest BCUT2D eigenvalue weighted by Crippen LogP contribution is 2.17. The lowest BCUT2D eigenvalue weighted by Crippen LogP contribution is -2.30. The number of benzene rings is 1. The third kappa shape index (κ3) is 3.64. The van der Waals surface area contributed by atoms with Gasteiger partial charge in [0.25, 0.3) is 0 Å². The van der Waals surface area contributed by atoms with Gasteiger partial charge in [0, 0.05) is 36.6 Å². The van der Waals surface area contributed by atoms with Crippen LogP contribution in [-0.2, 0) is 11.2 Å². The molecule has 21 heavy (non-hydrogen) atoms. The zero-order valence-corrected chi connectivity index (χ0v) is 12.4. The molecule has 2 N–H and O–H groups in total. The van der Waals surface area contributed by atoms with Crippen molar-refractivity contribution in [3.8, 4) is 0 Å². The number of para-hydroxylation sites is 1. The van der Waals surface area contributed by atoms with Crippen molar-refractivity contribution in [3.63, 3.8) is 0 Å². The summed E-state index contributed by atoms with van der Waals surface area (Å²) in [6.07, 6.45) is 6.10. The van der Waals surface area contributed by atoms with Gasteiger partial charge in [0.05, 0.1) is 0 Å². The molecule has 1 amide bonds. The van der Waals surface area contributed by atoms with Gasteiger partial charge in [0.1, 0.15) is 0 Å². The molecule has 3 rings (SSSR count). The number of nitrogens with one attached hydrogen (secondary N) is 2. The van der Waals surface area contributed by atoms with Gasteiger partial charge in [-0.15, -0.1) is 0 Å². The summed E-state index contributed by atoms with van der Waals surface area (Å²) in [5.74, 6) is 0.168. The number of hydrogen-bond acceptors (Lipinski definition) is 2. The van der Waals surface area contributed by atoms with Crippen molar-refractivity contribution >= 4 is 16.8 Å². The minimum atomic E-state index is 0.168. The molecule has 1 fully saturated rings. The molecule has 1 aliphatic heterocycles. The number of aromatic nitrogens is 1. The fourth-order valence-corrected chi connectivity index (χ4v) is 3.03. The van der Waals surface area contributed by atoms with Crippen LogP contribution in [0, 0.1) is 0 Å². The standard InChI is InChI=1S/C17H23N3O/c21-17(8-12-20-10-3-4-11-20)18-9-7-14-13-19-16-6-2-1-5-15(14)16/h1-2,5-6,13,19H,3-4,7-12H2,(H,18,21). The first-order valence-corrected chi connectivity index (χ1v) is 7.87. The summed E-state index contributed by atoms with van der Waals surface area (Å²) in [6.45, 7) is 3.92. The van der Waals surface area contributed by atoms with Crippen molar-refractivity contribution < 1.29 is 4.79 Å². The molecule has 0 saturated carbocycles. The lowest BCUT2D eigenvalue weighted by atomic mass is 10.1. The van der Waals surface area contributed by atoms with E-state index < -0.39 is 0 Å². The van der Waals surface area contributed by atoms with Crippen LogP contribution < -0.4 is 5.32 Å². The van der Waals surface area contributed by atoms with E-state index in [-0.39, 0.29) is 5.91 Å². The Hall–Kier alpha value is -1.81. The highest BCUT2D eigenvalue weighted by atomic mass is 16.1. The molecule has 2 heterocycles. The summed E-state index contributed by atoms with van der Waals surface area (Å²) >= 11 is 0. The van der Waals surface area contributed by atoms with E-state index in [4.69, 9.17) is 0 Å². The Kier molecular flexibility index (Phi) is 4.55. The minimum Gasteiger partial charge on any atom is -0.361 e. The molecule has 2 aromatic rings. The number of carbonyl (C=O) groups excluding carboxylic acids is 1. The molecule has 1 aliphatic rings. The van der Waals surface area contributed by atoms with Crippen molar-refractivity contribution in [2.75, 3.05) is 26.2 Å². The average molecular weight is 285 g/mol. The topological polar surface area (TPSA) is 48.1 Å². The van der Waals surface area contributed by atoms with E-state index in [1.165, 1.54) is 23.8 Å². The molecular weight excluding hydrogens is 262 g/mol. The predicted molar refractivity (Wildman–Crippen MR) is 85.3 cm³/mol. The zero-order chi connectivity index (χ0) is 14.5. The van der Waals surface area contributed by atoms with Crippen LogP contribution in [0.5, 0.6) is 0 Å². The summed E-state index contributed by atoms with van der Waals surface area (Å²) in [4.78, 5) is 17.5. The van der Waals surface area contributed by atoms with E-state index in [0.29, 0.717) is 13.0 Å². The number of hydrogen-bond donors (Lipinski definition) is 2. The van der Waals surface area contributed by atoms with Gasteiger partial charge < -0.3 is 15.2 Å². The normalized spacial score (nSPS) is 15.6. The molecular formula is C17H23N3O. The van der Waals surface area contributed by atoms with Crippen LogP contribution in [0.3, 0.4) is 0 Å². The summed E-state index contributed by atoms with van der Waals surface area (Å²) in [5.41, 5.74) is 2.43. The zero-order valence-electron chi connectivity index (χ0n) is 12.4. The maximum absolute atomic E-state index is 11.8. The minimum absolute atomic E-state index is 0.168. The van der Waals surface area contributed by atoms with E-state index in [0.717, 1.165) is 31.6 Å². The summed E-state index contributed by atoms with van der Waals surface area (Å²) in [5, 5.41) is 4.28. The van der Waals surface area contributed by atoms with Gasteiger partial charge in [-0.3, -0.25) is 4.79 Å². The number of fused-ring (bicyclic) bond motifs is 1. The summed E-state index contributed by atoms with van der Waals surface area (Å²) in [6, 6.07) is 8.28. The molecule has 1 aromatic heterocycles. The lowest BCUT2D eigenvalue weighted by Gasteiger charge is -2.13. The van der Waals surface area contributed by atoms with Crippen molar-refractivity contribution in [2.24, 2.45) is 0 Å². The fraction of sp³-hybridized carbons (Fsp3) is 0.471. The van der Waals surface area contributed by atoms with Crippen molar-refractivity contribution in [2.45, 2.75) is 25.7 Å². The molecule has 0 aliphatic carbocycles. The summed E-state index contributed by atoms with van der Waals surface area (Å²) < 4.78 is 0. The van der Waals surface area contributed by atoms with E-state index >= 15 is 0 Å². The van der Waals surface area contributed by atoms with Gasteiger partial charge in [0.15, 0.2) is 0 Å². The molecule has 4 heteroatoms. The Bertz CT molecular complexity index is 599. The van der Waals surface area contributed by atoms with Gasteiger partial charge in [-0.2, -0.15) is 0 Å². The van der Waals surface area contributed by atoms with Crippen LogP contribution in [0.4, 0.5) is 0 Å². The van der Waals surface area contributed by atoms with Crippen LogP contribution in [0.15, 0.2) is 30.5 Å². The second kappa shape index (κ2) is 6.76. The Morgan fingerprint density at radius 1 is 1.24 bits per heavy atom. The third-order valence-electron chi connectivity index (χ3n) is 4.25. The number of H-pyrrole nitrogens is 1. The van der Waals surface area contributed by atoms with E-state index in [1.807, 2.05) is 18.3 Å². The van der Waals surface area contributed by atoms with Gasteiger partial charge in [0.2, 0.25) is 5.91 Å². The van der Waals surface area contributed by atoms with Gasteiger partial charge >= 0.3 is 0 Å². The molecule has 0 unspecified atom stereocenters. The first kappa shape index (κ1) is 14.1. The second-order valence-corrected chi connectivity index (χ2v) is 5.76. The van der Waals surface area contributed by atoms with E-state index in [9.17, 15) is 4.79 Å². The summed E-state index contributed by atoms with van der Waals surface area (Å²) in [7, 11) is 0.